The van der Waals surface area contributed by atoms with Gasteiger partial charge in [0.15, 0.2) is 0 Å². The molecule has 0 aliphatic carbocycles. The lowest BCUT2D eigenvalue weighted by Crippen LogP contribution is -2.30. The number of aromatic nitrogens is 3. The van der Waals surface area contributed by atoms with Crippen LogP contribution in [0, 0.1) is 5.82 Å². The highest BCUT2D eigenvalue weighted by Crippen LogP contribution is 2.08. The zero-order chi connectivity index (χ0) is 15.5. The minimum absolute atomic E-state index is 0.270. The first kappa shape index (κ1) is 13.9. The third-order valence-electron chi connectivity index (χ3n) is 3.05. The van der Waals surface area contributed by atoms with E-state index in [2.05, 4.69) is 15.6 Å². The molecule has 0 spiro atoms. The van der Waals surface area contributed by atoms with Crippen molar-refractivity contribution in [3.63, 3.8) is 0 Å². The van der Waals surface area contributed by atoms with Crippen molar-refractivity contribution in [1.82, 2.24) is 15.0 Å². The summed E-state index contributed by atoms with van der Waals surface area (Å²) in [6, 6.07) is 12.1. The highest BCUT2D eigenvalue weighted by atomic mass is 19.1. The Morgan fingerprint density at radius 2 is 1.86 bits per heavy atom. The lowest BCUT2D eigenvalue weighted by atomic mass is 10.2. The standard InChI is InChI=1S/C15H11FN4O2/c16-10-5-7-11(8-6-10)17-14(21)9-20-15(22)12-3-1-2-4-13(12)18-19-20/h1-8H,9H2,(H,17,21). The van der Waals surface area contributed by atoms with Crippen LogP contribution in [0.4, 0.5) is 10.1 Å². The second-order valence-corrected chi connectivity index (χ2v) is 4.62. The molecule has 3 rings (SSSR count). The van der Waals surface area contributed by atoms with Gasteiger partial charge in [-0.3, -0.25) is 9.59 Å². The molecule has 1 amide bonds. The molecule has 0 atom stereocenters. The number of carbonyl (C=O) groups is 1. The number of carbonyl (C=O) groups excluding carboxylic acids is 1. The fraction of sp³-hybridized carbons (Fsp3) is 0.0667. The summed E-state index contributed by atoms with van der Waals surface area (Å²) in [6.45, 7) is -0.270. The molecule has 6 nitrogen and oxygen atoms in total. The van der Waals surface area contributed by atoms with E-state index in [-0.39, 0.29) is 12.1 Å². The molecule has 0 radical (unpaired) electrons. The van der Waals surface area contributed by atoms with E-state index < -0.39 is 11.7 Å². The van der Waals surface area contributed by atoms with E-state index in [4.69, 9.17) is 0 Å². The van der Waals surface area contributed by atoms with E-state index in [1.54, 1.807) is 24.3 Å². The van der Waals surface area contributed by atoms with E-state index >= 15 is 0 Å². The lowest BCUT2D eigenvalue weighted by Gasteiger charge is -2.06. The fourth-order valence-electron chi connectivity index (χ4n) is 2.00. The van der Waals surface area contributed by atoms with Gasteiger partial charge in [-0.25, -0.2) is 9.07 Å². The van der Waals surface area contributed by atoms with Crippen LogP contribution >= 0.6 is 0 Å². The van der Waals surface area contributed by atoms with Crippen molar-refractivity contribution in [2.45, 2.75) is 6.54 Å². The quantitative estimate of drug-likeness (QED) is 0.796. The van der Waals surface area contributed by atoms with Crippen molar-refractivity contribution in [1.29, 1.82) is 0 Å². The molecule has 0 saturated carbocycles. The maximum absolute atomic E-state index is 12.8. The van der Waals surface area contributed by atoms with Gasteiger partial charge < -0.3 is 5.32 Å². The summed E-state index contributed by atoms with van der Waals surface area (Å²) < 4.78 is 13.8. The molecular formula is C15H11FN4O2. The Balaban J connectivity index is 1.81. The molecule has 0 bridgehead atoms. The number of rotatable bonds is 3. The molecule has 110 valence electrons. The van der Waals surface area contributed by atoms with Crippen molar-refractivity contribution in [2.75, 3.05) is 5.32 Å². The van der Waals surface area contributed by atoms with E-state index in [9.17, 15) is 14.0 Å². The third kappa shape index (κ3) is 2.83. The number of hydrogen-bond donors (Lipinski definition) is 1. The fourth-order valence-corrected chi connectivity index (χ4v) is 2.00. The Labute approximate surface area is 124 Å². The van der Waals surface area contributed by atoms with Crippen LogP contribution in [0.2, 0.25) is 0 Å². The molecule has 0 aliphatic heterocycles. The molecule has 22 heavy (non-hydrogen) atoms. The van der Waals surface area contributed by atoms with Crippen molar-refractivity contribution < 1.29 is 9.18 Å². The zero-order valence-electron chi connectivity index (χ0n) is 11.4. The van der Waals surface area contributed by atoms with Crippen molar-refractivity contribution in [3.8, 4) is 0 Å². The maximum atomic E-state index is 12.8. The summed E-state index contributed by atoms with van der Waals surface area (Å²) in [5.74, 6) is -0.840. The van der Waals surface area contributed by atoms with Crippen molar-refractivity contribution >= 4 is 22.5 Å². The number of nitrogens with zero attached hydrogens (tertiary/aromatic N) is 3. The van der Waals surface area contributed by atoms with Gasteiger partial charge in [0.2, 0.25) is 5.91 Å². The summed E-state index contributed by atoms with van der Waals surface area (Å²) in [5, 5.41) is 10.6. The van der Waals surface area contributed by atoms with Gasteiger partial charge in [0.1, 0.15) is 17.9 Å². The molecule has 0 aliphatic rings. The van der Waals surface area contributed by atoms with Gasteiger partial charge in [-0.1, -0.05) is 17.3 Å². The Hall–Kier alpha value is -3.09. The second-order valence-electron chi connectivity index (χ2n) is 4.62. The Morgan fingerprint density at radius 3 is 2.64 bits per heavy atom. The smallest absolute Gasteiger partial charge is 0.278 e. The normalized spacial score (nSPS) is 10.6. The molecule has 1 aromatic heterocycles. The first-order valence-corrected chi connectivity index (χ1v) is 6.51. The van der Waals surface area contributed by atoms with Crippen LogP contribution in [-0.4, -0.2) is 20.9 Å². The Kier molecular flexibility index (Phi) is 3.61. The number of nitrogens with one attached hydrogen (secondary N) is 1. The second kappa shape index (κ2) is 5.72. The first-order valence-electron chi connectivity index (χ1n) is 6.51. The van der Waals surface area contributed by atoms with Crippen molar-refractivity contribution in [3.05, 3.63) is 64.7 Å². The minimum Gasteiger partial charge on any atom is -0.324 e. The van der Waals surface area contributed by atoms with E-state index in [0.717, 1.165) is 4.68 Å². The van der Waals surface area contributed by atoms with Gasteiger partial charge in [-0.2, -0.15) is 0 Å². The van der Waals surface area contributed by atoms with Gasteiger partial charge in [0.25, 0.3) is 5.56 Å². The SMILES string of the molecule is O=C(Cn1nnc2ccccc2c1=O)Nc1ccc(F)cc1. The number of fused-ring (bicyclic) bond motifs is 1. The van der Waals surface area contributed by atoms with Crippen LogP contribution in [0.25, 0.3) is 10.9 Å². The largest absolute Gasteiger partial charge is 0.324 e. The summed E-state index contributed by atoms with van der Waals surface area (Å²) in [6.07, 6.45) is 0. The van der Waals surface area contributed by atoms with Crippen LogP contribution in [0.15, 0.2) is 53.3 Å². The first-order chi connectivity index (χ1) is 10.6. The summed E-state index contributed by atoms with van der Waals surface area (Å²) >= 11 is 0. The number of halogens is 1. The maximum Gasteiger partial charge on any atom is 0.278 e. The summed E-state index contributed by atoms with van der Waals surface area (Å²) in [4.78, 5) is 24.1. The third-order valence-corrected chi connectivity index (χ3v) is 3.05. The van der Waals surface area contributed by atoms with Gasteiger partial charge in [0, 0.05) is 5.69 Å². The van der Waals surface area contributed by atoms with Crippen LogP contribution in [-0.2, 0) is 11.3 Å². The predicted molar refractivity (Wildman–Crippen MR) is 78.8 cm³/mol. The van der Waals surface area contributed by atoms with Gasteiger partial charge in [0.05, 0.1) is 5.39 Å². The van der Waals surface area contributed by atoms with Gasteiger partial charge >= 0.3 is 0 Å². The predicted octanol–water partition coefficient (Wildman–Crippen LogP) is 1.57. The van der Waals surface area contributed by atoms with E-state index in [1.807, 2.05) is 0 Å². The lowest BCUT2D eigenvalue weighted by molar-refractivity contribution is -0.117. The topological polar surface area (TPSA) is 76.9 Å². The molecule has 1 heterocycles. The molecule has 7 heteroatoms. The highest BCUT2D eigenvalue weighted by Gasteiger charge is 2.09. The Morgan fingerprint density at radius 1 is 1.14 bits per heavy atom. The Bertz CT molecular complexity index is 890. The highest BCUT2D eigenvalue weighted by molar-refractivity contribution is 5.90. The molecule has 0 unspecified atom stereocenters. The summed E-state index contributed by atoms with van der Waals surface area (Å²) in [7, 11) is 0. The summed E-state index contributed by atoms with van der Waals surface area (Å²) in [5.41, 5.74) is 0.524. The van der Waals surface area contributed by atoms with Crippen molar-refractivity contribution in [2.24, 2.45) is 0 Å². The number of benzene rings is 2. The van der Waals surface area contributed by atoms with Gasteiger partial charge in [-0.15, -0.1) is 5.10 Å². The molecule has 0 fully saturated rings. The van der Waals surface area contributed by atoms with Crippen LogP contribution in [0.5, 0.6) is 0 Å². The average Bonchev–Trinajstić information content (AvgIpc) is 2.53. The molecule has 2 aromatic carbocycles. The van der Waals surface area contributed by atoms with Crippen LogP contribution < -0.4 is 10.9 Å². The molecular weight excluding hydrogens is 287 g/mol. The average molecular weight is 298 g/mol. The van der Waals surface area contributed by atoms with Crippen LogP contribution in [0.1, 0.15) is 0 Å². The zero-order valence-corrected chi connectivity index (χ0v) is 11.4. The van der Waals surface area contributed by atoms with Crippen LogP contribution in [0.3, 0.4) is 0 Å². The minimum atomic E-state index is -0.446. The van der Waals surface area contributed by atoms with E-state index in [0.29, 0.717) is 16.6 Å². The number of anilines is 1. The molecule has 1 N–H and O–H groups in total. The molecule has 0 saturated heterocycles. The monoisotopic (exact) mass is 298 g/mol. The number of amides is 1. The molecule has 3 aromatic rings. The van der Waals surface area contributed by atoms with Gasteiger partial charge in [-0.05, 0) is 36.4 Å². The number of hydrogen-bond acceptors (Lipinski definition) is 4. The van der Waals surface area contributed by atoms with E-state index in [1.165, 1.54) is 24.3 Å².